The van der Waals surface area contributed by atoms with Gasteiger partial charge in [-0.25, -0.2) is 8.42 Å². The topological polar surface area (TPSA) is 96.0 Å². The van der Waals surface area contributed by atoms with Crippen LogP contribution < -0.4 is 14.4 Å². The molecule has 3 aromatic rings. The van der Waals surface area contributed by atoms with Crippen LogP contribution in [-0.4, -0.2) is 50.4 Å². The molecule has 3 rings (SSSR count). The van der Waals surface area contributed by atoms with Gasteiger partial charge in [0.2, 0.25) is 11.8 Å². The molecule has 0 saturated carbocycles. The average Bonchev–Trinajstić information content (AvgIpc) is 2.96. The molecule has 0 radical (unpaired) electrons. The highest BCUT2D eigenvalue weighted by atomic mass is 35.5. The summed E-state index contributed by atoms with van der Waals surface area (Å²) in [6, 6.07) is 18.3. The van der Waals surface area contributed by atoms with E-state index < -0.39 is 28.5 Å². The number of nitrogens with zero attached hydrogens (tertiary/aromatic N) is 2. The zero-order valence-electron chi connectivity index (χ0n) is 23.5. The molecule has 0 saturated heterocycles. The third kappa shape index (κ3) is 8.38. The maximum atomic E-state index is 14.0. The van der Waals surface area contributed by atoms with Crippen LogP contribution in [0.1, 0.15) is 39.7 Å². The number of carbonyl (C=O) groups is 2. The van der Waals surface area contributed by atoms with Crippen LogP contribution in [0.5, 0.6) is 5.75 Å². The van der Waals surface area contributed by atoms with E-state index in [1.165, 1.54) is 17.0 Å². The van der Waals surface area contributed by atoms with E-state index in [4.69, 9.17) is 27.9 Å². The second-order valence-electron chi connectivity index (χ2n) is 9.52. The van der Waals surface area contributed by atoms with Gasteiger partial charge in [-0.2, -0.15) is 0 Å². The Kier molecular flexibility index (Phi) is 11.5. The monoisotopic (exact) mass is 619 g/mol. The van der Waals surface area contributed by atoms with E-state index in [2.05, 4.69) is 5.32 Å². The minimum absolute atomic E-state index is 0.00726. The van der Waals surface area contributed by atoms with E-state index in [1.54, 1.807) is 67.6 Å². The second-order valence-corrected chi connectivity index (χ2v) is 12.2. The molecule has 8 nitrogen and oxygen atoms in total. The number of benzene rings is 3. The maximum Gasteiger partial charge on any atom is 0.264 e. The average molecular weight is 621 g/mol. The number of ether oxygens (including phenoxy) is 1. The molecule has 0 fully saturated rings. The number of nitrogens with one attached hydrogen (secondary N) is 1. The summed E-state index contributed by atoms with van der Waals surface area (Å²) in [6.07, 6.45) is 0.708. The molecule has 0 aliphatic carbocycles. The number of amides is 2. The first kappa shape index (κ1) is 32.2. The Bertz CT molecular complexity index is 1440. The van der Waals surface area contributed by atoms with Crippen LogP contribution in [0.25, 0.3) is 0 Å². The van der Waals surface area contributed by atoms with Crippen LogP contribution in [0, 0.1) is 0 Å². The second kappa shape index (κ2) is 14.6. The first-order valence-electron chi connectivity index (χ1n) is 13.3. The molecule has 3 aromatic carbocycles. The van der Waals surface area contributed by atoms with Crippen LogP contribution in [0.2, 0.25) is 10.0 Å². The summed E-state index contributed by atoms with van der Waals surface area (Å²) in [4.78, 5) is 28.5. The fraction of sp³-hybridized carbons (Fsp3) is 0.333. The third-order valence-electron chi connectivity index (χ3n) is 6.55. The molecule has 0 aliphatic heterocycles. The first-order valence-corrected chi connectivity index (χ1v) is 15.5. The van der Waals surface area contributed by atoms with Crippen molar-refractivity contribution in [2.24, 2.45) is 0 Å². The summed E-state index contributed by atoms with van der Waals surface area (Å²) < 4.78 is 34.2. The van der Waals surface area contributed by atoms with Gasteiger partial charge in [0.1, 0.15) is 18.3 Å². The lowest BCUT2D eigenvalue weighted by molar-refractivity contribution is -0.139. The highest BCUT2D eigenvalue weighted by molar-refractivity contribution is 7.92. The Morgan fingerprint density at radius 2 is 1.59 bits per heavy atom. The van der Waals surface area contributed by atoms with Crippen molar-refractivity contribution in [3.8, 4) is 5.75 Å². The van der Waals surface area contributed by atoms with Gasteiger partial charge in [-0.05, 0) is 81.3 Å². The highest BCUT2D eigenvalue weighted by Gasteiger charge is 2.32. The van der Waals surface area contributed by atoms with E-state index in [-0.39, 0.29) is 29.1 Å². The Balaban J connectivity index is 2.03. The van der Waals surface area contributed by atoms with Gasteiger partial charge < -0.3 is 15.0 Å². The Hall–Kier alpha value is -3.27. The smallest absolute Gasteiger partial charge is 0.264 e. The highest BCUT2D eigenvalue weighted by Crippen LogP contribution is 2.27. The lowest BCUT2D eigenvalue weighted by Crippen LogP contribution is -2.52. The van der Waals surface area contributed by atoms with Crippen LogP contribution >= 0.6 is 23.2 Å². The van der Waals surface area contributed by atoms with Gasteiger partial charge in [0.15, 0.2) is 0 Å². The van der Waals surface area contributed by atoms with Gasteiger partial charge in [0, 0.05) is 12.6 Å². The van der Waals surface area contributed by atoms with Crippen LogP contribution in [0.15, 0.2) is 77.7 Å². The molecule has 0 spiro atoms. The summed E-state index contributed by atoms with van der Waals surface area (Å²) in [5.74, 6) is -0.362. The van der Waals surface area contributed by atoms with Crippen molar-refractivity contribution in [3.05, 3.63) is 88.4 Å². The number of anilines is 1. The van der Waals surface area contributed by atoms with Gasteiger partial charge in [0.25, 0.3) is 10.0 Å². The van der Waals surface area contributed by atoms with Crippen molar-refractivity contribution in [1.29, 1.82) is 0 Å². The molecule has 0 bridgehead atoms. The zero-order chi connectivity index (χ0) is 30.2. The molecule has 0 heterocycles. The Morgan fingerprint density at radius 3 is 2.17 bits per heavy atom. The van der Waals surface area contributed by atoms with Crippen molar-refractivity contribution in [2.45, 2.75) is 57.6 Å². The summed E-state index contributed by atoms with van der Waals surface area (Å²) >= 11 is 12.3. The number of rotatable bonds is 13. The van der Waals surface area contributed by atoms with Gasteiger partial charge in [-0.3, -0.25) is 13.9 Å². The number of carbonyl (C=O) groups excluding carboxylic acids is 2. The Morgan fingerprint density at radius 1 is 0.927 bits per heavy atom. The first-order chi connectivity index (χ1) is 19.5. The summed E-state index contributed by atoms with van der Waals surface area (Å²) in [6.45, 7) is 7.18. The molecule has 2 amide bonds. The Labute approximate surface area is 252 Å². The standard InChI is InChI=1S/C30H35Cl2N3O5S/c1-5-21(3)33-30(37)22(4)34(19-23-12-17-27(31)28(32)18-23)29(36)20-35(24-13-15-25(16-14-24)40-6-2)41(38,39)26-10-8-7-9-11-26/h7-18,21-22H,5-6,19-20H2,1-4H3,(H,33,37). The number of halogens is 2. The molecule has 220 valence electrons. The molecule has 2 unspecified atom stereocenters. The molecule has 0 aliphatic rings. The largest absolute Gasteiger partial charge is 0.494 e. The SMILES string of the molecule is CCOc1ccc(N(CC(=O)N(Cc2ccc(Cl)c(Cl)c2)C(C)C(=O)NC(C)CC)S(=O)(=O)c2ccccc2)cc1. The normalized spacial score (nSPS) is 12.7. The predicted molar refractivity (Wildman–Crippen MR) is 163 cm³/mol. The number of hydrogen-bond acceptors (Lipinski definition) is 5. The van der Waals surface area contributed by atoms with E-state index in [0.29, 0.717) is 34.4 Å². The van der Waals surface area contributed by atoms with E-state index >= 15 is 0 Å². The molecular weight excluding hydrogens is 585 g/mol. The lowest BCUT2D eigenvalue weighted by Gasteiger charge is -2.32. The van der Waals surface area contributed by atoms with Crippen LogP contribution in [-0.2, 0) is 26.2 Å². The molecule has 11 heteroatoms. The molecular formula is C30H35Cl2N3O5S. The van der Waals surface area contributed by atoms with Crippen molar-refractivity contribution in [2.75, 3.05) is 17.5 Å². The van der Waals surface area contributed by atoms with Crippen molar-refractivity contribution in [1.82, 2.24) is 10.2 Å². The zero-order valence-corrected chi connectivity index (χ0v) is 25.8. The fourth-order valence-corrected chi connectivity index (χ4v) is 5.76. The number of hydrogen-bond donors (Lipinski definition) is 1. The van der Waals surface area contributed by atoms with Gasteiger partial charge in [-0.15, -0.1) is 0 Å². The summed E-state index contributed by atoms with van der Waals surface area (Å²) in [5.41, 5.74) is 0.909. The maximum absolute atomic E-state index is 14.0. The minimum Gasteiger partial charge on any atom is -0.494 e. The van der Waals surface area contributed by atoms with Gasteiger partial charge >= 0.3 is 0 Å². The molecule has 2 atom stereocenters. The fourth-order valence-electron chi connectivity index (χ4n) is 4.01. The van der Waals surface area contributed by atoms with Crippen molar-refractivity contribution < 1.29 is 22.7 Å². The van der Waals surface area contributed by atoms with Crippen LogP contribution in [0.4, 0.5) is 5.69 Å². The van der Waals surface area contributed by atoms with Gasteiger partial charge in [0.05, 0.1) is 27.2 Å². The lowest BCUT2D eigenvalue weighted by atomic mass is 10.1. The molecule has 0 aromatic heterocycles. The molecule has 41 heavy (non-hydrogen) atoms. The molecule has 1 N–H and O–H groups in total. The predicted octanol–water partition coefficient (Wildman–Crippen LogP) is 5.92. The van der Waals surface area contributed by atoms with Crippen LogP contribution in [0.3, 0.4) is 0 Å². The summed E-state index contributed by atoms with van der Waals surface area (Å²) in [7, 11) is -4.16. The van der Waals surface area contributed by atoms with Gasteiger partial charge in [-0.1, -0.05) is 54.4 Å². The minimum atomic E-state index is -4.16. The summed E-state index contributed by atoms with van der Waals surface area (Å²) in [5, 5.41) is 3.56. The van der Waals surface area contributed by atoms with E-state index in [9.17, 15) is 18.0 Å². The number of sulfonamides is 1. The van der Waals surface area contributed by atoms with Crippen molar-refractivity contribution >= 4 is 50.7 Å². The van der Waals surface area contributed by atoms with E-state index in [0.717, 1.165) is 4.31 Å². The van der Waals surface area contributed by atoms with Crippen molar-refractivity contribution in [3.63, 3.8) is 0 Å². The third-order valence-corrected chi connectivity index (χ3v) is 9.08. The van der Waals surface area contributed by atoms with E-state index in [1.807, 2.05) is 20.8 Å². The quantitative estimate of drug-likeness (QED) is 0.256.